The highest BCUT2D eigenvalue weighted by Crippen LogP contribution is 2.24. The largest absolute Gasteiger partial charge is 0.495 e. The van der Waals surface area contributed by atoms with Crippen LogP contribution in [0.1, 0.15) is 37.6 Å². The minimum absolute atomic E-state index is 0.0217. The Bertz CT molecular complexity index is 599. The summed E-state index contributed by atoms with van der Waals surface area (Å²) in [7, 11) is -2.31. The van der Waals surface area contributed by atoms with Crippen molar-refractivity contribution in [2.75, 3.05) is 13.7 Å². The van der Waals surface area contributed by atoms with Crippen molar-refractivity contribution in [3.63, 3.8) is 0 Å². The van der Waals surface area contributed by atoms with Crippen molar-refractivity contribution in [1.82, 2.24) is 10.0 Å². The molecule has 7 heteroatoms. The van der Waals surface area contributed by atoms with E-state index in [2.05, 4.69) is 10.0 Å². The lowest BCUT2D eigenvalue weighted by Crippen LogP contribution is -2.32. The van der Waals surface area contributed by atoms with Crippen LogP contribution >= 0.6 is 0 Å². The zero-order chi connectivity index (χ0) is 16.0. The molecule has 0 radical (unpaired) electrons. The number of nitrogens with one attached hydrogen (secondary N) is 2. The van der Waals surface area contributed by atoms with Gasteiger partial charge in [0.25, 0.3) is 5.91 Å². The number of rotatable bonds is 7. The molecule has 0 aliphatic heterocycles. The van der Waals surface area contributed by atoms with Crippen LogP contribution in [0.15, 0.2) is 23.1 Å². The number of ether oxygens (including phenoxy) is 1. The average molecular weight is 314 g/mol. The highest BCUT2D eigenvalue weighted by Gasteiger charge is 2.21. The van der Waals surface area contributed by atoms with Crippen LogP contribution in [0.2, 0.25) is 0 Å². The average Bonchev–Trinajstić information content (AvgIpc) is 2.46. The Labute approximate surface area is 125 Å². The number of hydrogen-bond acceptors (Lipinski definition) is 4. The molecule has 0 spiro atoms. The van der Waals surface area contributed by atoms with Gasteiger partial charge in [0.15, 0.2) is 0 Å². The number of benzene rings is 1. The van der Waals surface area contributed by atoms with E-state index < -0.39 is 10.0 Å². The van der Waals surface area contributed by atoms with Crippen molar-refractivity contribution in [1.29, 1.82) is 0 Å². The molecular weight excluding hydrogens is 292 g/mol. The highest BCUT2D eigenvalue weighted by atomic mass is 32.2. The summed E-state index contributed by atoms with van der Waals surface area (Å²) in [6, 6.07) is 4.37. The molecule has 21 heavy (non-hydrogen) atoms. The predicted molar refractivity (Wildman–Crippen MR) is 81.1 cm³/mol. The molecule has 0 heterocycles. The lowest BCUT2D eigenvalue weighted by molar-refractivity contribution is 0.0939. The Morgan fingerprint density at radius 1 is 1.33 bits per heavy atom. The molecule has 0 aliphatic rings. The Balaban J connectivity index is 3.20. The van der Waals surface area contributed by atoms with Gasteiger partial charge in [-0.15, -0.1) is 0 Å². The van der Waals surface area contributed by atoms with E-state index in [0.717, 1.165) is 6.42 Å². The maximum atomic E-state index is 12.1. The maximum Gasteiger partial charge on any atom is 0.251 e. The SMILES string of the molecule is CCNS(=O)(=O)c1cc(C(=O)N[C@H](C)CC)ccc1OC. The molecular formula is C14H22N2O4S. The second-order valence-electron chi connectivity index (χ2n) is 4.65. The first-order valence-corrected chi connectivity index (χ1v) is 8.32. The van der Waals surface area contributed by atoms with E-state index in [1.54, 1.807) is 13.0 Å². The number of amides is 1. The smallest absolute Gasteiger partial charge is 0.251 e. The van der Waals surface area contributed by atoms with Gasteiger partial charge in [-0.1, -0.05) is 13.8 Å². The molecule has 0 unspecified atom stereocenters. The van der Waals surface area contributed by atoms with E-state index >= 15 is 0 Å². The first kappa shape index (κ1) is 17.5. The molecule has 0 aromatic heterocycles. The topological polar surface area (TPSA) is 84.5 Å². The molecule has 0 aliphatic carbocycles. The van der Waals surface area contributed by atoms with Crippen molar-refractivity contribution >= 4 is 15.9 Å². The Kier molecular flexibility index (Phi) is 6.17. The molecule has 1 amide bonds. The minimum Gasteiger partial charge on any atom is -0.495 e. The van der Waals surface area contributed by atoms with E-state index in [1.807, 2.05) is 13.8 Å². The minimum atomic E-state index is -3.70. The molecule has 2 N–H and O–H groups in total. The summed E-state index contributed by atoms with van der Waals surface area (Å²) in [5.74, 6) is -0.101. The molecule has 118 valence electrons. The molecule has 1 rings (SSSR count). The summed E-state index contributed by atoms with van der Waals surface area (Å²) in [5.41, 5.74) is 0.285. The van der Waals surface area contributed by atoms with Gasteiger partial charge >= 0.3 is 0 Å². The summed E-state index contributed by atoms with van der Waals surface area (Å²) < 4.78 is 31.7. The van der Waals surface area contributed by atoms with Crippen LogP contribution in [0.3, 0.4) is 0 Å². The normalized spacial score (nSPS) is 12.8. The lowest BCUT2D eigenvalue weighted by Gasteiger charge is -2.14. The van der Waals surface area contributed by atoms with Gasteiger partial charge < -0.3 is 10.1 Å². The summed E-state index contributed by atoms with van der Waals surface area (Å²) in [6.45, 7) is 5.79. The zero-order valence-electron chi connectivity index (χ0n) is 12.8. The van der Waals surface area contributed by atoms with Crippen LogP contribution in [0, 0.1) is 0 Å². The van der Waals surface area contributed by atoms with E-state index in [0.29, 0.717) is 0 Å². The first-order valence-electron chi connectivity index (χ1n) is 6.84. The summed E-state index contributed by atoms with van der Waals surface area (Å²) in [6.07, 6.45) is 0.796. The van der Waals surface area contributed by atoms with E-state index in [9.17, 15) is 13.2 Å². The summed E-state index contributed by atoms with van der Waals surface area (Å²) in [5, 5.41) is 2.80. The number of carbonyl (C=O) groups is 1. The quantitative estimate of drug-likeness (QED) is 0.799. The molecule has 1 aromatic carbocycles. The molecule has 6 nitrogen and oxygen atoms in total. The van der Waals surface area contributed by atoms with Crippen LogP contribution in [0.5, 0.6) is 5.75 Å². The zero-order valence-corrected chi connectivity index (χ0v) is 13.6. The molecule has 1 atom stereocenters. The van der Waals surface area contributed by atoms with Gasteiger partial charge in [-0.3, -0.25) is 4.79 Å². The molecule has 1 aromatic rings. The van der Waals surface area contributed by atoms with Crippen LogP contribution in [0.25, 0.3) is 0 Å². The van der Waals surface area contributed by atoms with Crippen molar-refractivity contribution in [2.45, 2.75) is 38.1 Å². The van der Waals surface area contributed by atoms with Gasteiger partial charge in [-0.25, -0.2) is 13.1 Å². The monoisotopic (exact) mass is 314 g/mol. The third-order valence-electron chi connectivity index (χ3n) is 3.04. The molecule has 0 fully saturated rings. The van der Waals surface area contributed by atoms with Crippen LogP contribution < -0.4 is 14.8 Å². The van der Waals surface area contributed by atoms with Gasteiger partial charge in [0, 0.05) is 18.2 Å². The fourth-order valence-electron chi connectivity index (χ4n) is 1.70. The highest BCUT2D eigenvalue weighted by molar-refractivity contribution is 7.89. The van der Waals surface area contributed by atoms with Crippen LogP contribution in [0.4, 0.5) is 0 Å². The van der Waals surface area contributed by atoms with Gasteiger partial charge in [0.1, 0.15) is 10.6 Å². The van der Waals surface area contributed by atoms with Crippen LogP contribution in [-0.4, -0.2) is 34.0 Å². The molecule has 0 saturated carbocycles. The van der Waals surface area contributed by atoms with Gasteiger partial charge in [0.2, 0.25) is 10.0 Å². The first-order chi connectivity index (χ1) is 9.85. The molecule has 0 saturated heterocycles. The predicted octanol–water partition coefficient (Wildman–Crippen LogP) is 1.52. The third kappa shape index (κ3) is 4.44. The Morgan fingerprint density at radius 3 is 2.52 bits per heavy atom. The van der Waals surface area contributed by atoms with Gasteiger partial charge in [0.05, 0.1) is 7.11 Å². The van der Waals surface area contributed by atoms with Crippen molar-refractivity contribution in [3.8, 4) is 5.75 Å². The number of hydrogen-bond donors (Lipinski definition) is 2. The van der Waals surface area contributed by atoms with Gasteiger partial charge in [-0.05, 0) is 31.5 Å². The summed E-state index contributed by atoms with van der Waals surface area (Å²) in [4.78, 5) is 12.0. The standard InChI is InChI=1S/C14H22N2O4S/c1-5-10(3)16-14(17)11-7-8-12(20-4)13(9-11)21(18,19)15-6-2/h7-10,15H,5-6H2,1-4H3,(H,16,17)/t10-/m1/s1. The number of methoxy groups -OCH3 is 1. The lowest BCUT2D eigenvalue weighted by atomic mass is 10.2. The van der Waals surface area contributed by atoms with Crippen molar-refractivity contribution in [3.05, 3.63) is 23.8 Å². The van der Waals surface area contributed by atoms with Gasteiger partial charge in [-0.2, -0.15) is 0 Å². The summed E-state index contributed by atoms with van der Waals surface area (Å²) >= 11 is 0. The van der Waals surface area contributed by atoms with E-state index in [1.165, 1.54) is 19.2 Å². The van der Waals surface area contributed by atoms with E-state index in [4.69, 9.17) is 4.74 Å². The fourth-order valence-corrected chi connectivity index (χ4v) is 2.94. The van der Waals surface area contributed by atoms with E-state index in [-0.39, 0.29) is 34.7 Å². The third-order valence-corrected chi connectivity index (χ3v) is 4.61. The second kappa shape index (κ2) is 7.42. The Hall–Kier alpha value is -1.60. The molecule has 0 bridgehead atoms. The second-order valence-corrected chi connectivity index (χ2v) is 6.39. The van der Waals surface area contributed by atoms with Crippen LogP contribution in [-0.2, 0) is 10.0 Å². The van der Waals surface area contributed by atoms with Crippen molar-refractivity contribution < 1.29 is 17.9 Å². The maximum absolute atomic E-state index is 12.1. The Morgan fingerprint density at radius 2 is 2.00 bits per heavy atom. The van der Waals surface area contributed by atoms with Crippen molar-refractivity contribution in [2.24, 2.45) is 0 Å². The fraction of sp³-hybridized carbons (Fsp3) is 0.500. The number of carbonyl (C=O) groups excluding carboxylic acids is 1. The number of sulfonamides is 1.